The van der Waals surface area contributed by atoms with E-state index in [1.165, 1.54) is 37.2 Å². The average Bonchev–Trinajstić information content (AvgIpc) is 2.88. The van der Waals surface area contributed by atoms with E-state index < -0.39 is 0 Å². The van der Waals surface area contributed by atoms with Crippen molar-refractivity contribution >= 4 is 11.4 Å². The lowest BCUT2D eigenvalue weighted by molar-refractivity contribution is -0.372. The van der Waals surface area contributed by atoms with Crippen LogP contribution in [0.4, 0.5) is 11.4 Å². The molecule has 0 saturated carbocycles. The summed E-state index contributed by atoms with van der Waals surface area (Å²) in [5.41, 5.74) is 6.87. The summed E-state index contributed by atoms with van der Waals surface area (Å²) in [4.78, 5) is 5.04. The van der Waals surface area contributed by atoms with Crippen LogP contribution in [0.2, 0.25) is 0 Å². The molecule has 1 saturated heterocycles. The Morgan fingerprint density at radius 1 is 1.14 bits per heavy atom. The Morgan fingerprint density at radius 3 is 2.29 bits per heavy atom. The second-order valence-electron chi connectivity index (χ2n) is 6.32. The molecule has 0 aromatic heterocycles. The highest BCUT2D eigenvalue weighted by molar-refractivity contribution is 5.57. The standard InChI is InChI=1S/C18H31N3/c1-4-11-20(12-5-2)16-6-8-17(9-7-16)21-13-10-15(3)18(21)14-19/h6-9,15,18H,4-5,10-14,19H2,1-3H3/p+1/t15-,18?/m0/s1. The van der Waals surface area contributed by atoms with E-state index in [2.05, 4.69) is 60.6 Å². The van der Waals surface area contributed by atoms with Crippen molar-refractivity contribution in [3.63, 3.8) is 0 Å². The summed E-state index contributed by atoms with van der Waals surface area (Å²) < 4.78 is 0. The fraction of sp³-hybridized carbons (Fsp3) is 0.667. The van der Waals surface area contributed by atoms with E-state index in [-0.39, 0.29) is 0 Å². The molecule has 1 fully saturated rings. The zero-order chi connectivity index (χ0) is 15.2. The molecule has 2 rings (SSSR count). The molecule has 1 aliphatic rings. The number of benzene rings is 1. The third-order valence-electron chi connectivity index (χ3n) is 4.71. The van der Waals surface area contributed by atoms with E-state index in [4.69, 9.17) is 0 Å². The number of hydrogen-bond donors (Lipinski definition) is 1. The van der Waals surface area contributed by atoms with Gasteiger partial charge in [0.1, 0.15) is 0 Å². The van der Waals surface area contributed by atoms with Crippen LogP contribution in [0.5, 0.6) is 0 Å². The van der Waals surface area contributed by atoms with Crippen LogP contribution in [0.25, 0.3) is 0 Å². The van der Waals surface area contributed by atoms with Gasteiger partial charge >= 0.3 is 0 Å². The smallest absolute Gasteiger partial charge is 0.0949 e. The Balaban J connectivity index is 2.11. The molecule has 0 radical (unpaired) electrons. The largest absolute Gasteiger partial charge is 0.372 e. The Bertz CT molecular complexity index is 409. The van der Waals surface area contributed by atoms with Gasteiger partial charge in [0.2, 0.25) is 0 Å². The molecule has 1 aromatic carbocycles. The maximum absolute atomic E-state index is 4.14. The summed E-state index contributed by atoms with van der Waals surface area (Å²) in [6.07, 6.45) is 3.70. The van der Waals surface area contributed by atoms with Gasteiger partial charge in [-0.25, -0.2) is 0 Å². The first kappa shape index (κ1) is 16.2. The van der Waals surface area contributed by atoms with Crippen LogP contribution in [0.15, 0.2) is 24.3 Å². The normalized spacial score (nSPS) is 21.8. The second-order valence-corrected chi connectivity index (χ2v) is 6.32. The number of anilines is 2. The molecule has 1 heterocycles. The molecule has 1 unspecified atom stereocenters. The van der Waals surface area contributed by atoms with Gasteiger partial charge in [0.25, 0.3) is 0 Å². The van der Waals surface area contributed by atoms with Crippen LogP contribution in [0.1, 0.15) is 40.0 Å². The van der Waals surface area contributed by atoms with E-state index in [0.29, 0.717) is 6.04 Å². The first-order valence-corrected chi connectivity index (χ1v) is 8.62. The van der Waals surface area contributed by atoms with Gasteiger partial charge in [0.05, 0.1) is 12.6 Å². The minimum atomic E-state index is 0.609. The zero-order valence-corrected chi connectivity index (χ0v) is 14.0. The molecule has 118 valence electrons. The van der Waals surface area contributed by atoms with Crippen LogP contribution < -0.4 is 15.5 Å². The molecule has 1 aliphatic heterocycles. The molecule has 1 aromatic rings. The first-order valence-electron chi connectivity index (χ1n) is 8.62. The Hall–Kier alpha value is -1.22. The van der Waals surface area contributed by atoms with Crippen molar-refractivity contribution in [3.05, 3.63) is 24.3 Å². The summed E-state index contributed by atoms with van der Waals surface area (Å²) in [5.74, 6) is 0.763. The molecule has 0 bridgehead atoms. The predicted octanol–water partition coefficient (Wildman–Crippen LogP) is 2.77. The van der Waals surface area contributed by atoms with Crippen molar-refractivity contribution in [1.29, 1.82) is 0 Å². The van der Waals surface area contributed by atoms with Gasteiger partial charge in [-0.1, -0.05) is 20.8 Å². The van der Waals surface area contributed by atoms with E-state index in [1.807, 2.05) is 0 Å². The van der Waals surface area contributed by atoms with Crippen molar-refractivity contribution in [2.45, 2.75) is 46.1 Å². The minimum absolute atomic E-state index is 0.609. The monoisotopic (exact) mass is 290 g/mol. The highest BCUT2D eigenvalue weighted by Crippen LogP contribution is 2.30. The third-order valence-corrected chi connectivity index (χ3v) is 4.71. The van der Waals surface area contributed by atoms with Crippen LogP contribution in [0, 0.1) is 5.92 Å². The Kier molecular flexibility index (Phi) is 5.92. The lowest BCUT2D eigenvalue weighted by Gasteiger charge is -2.28. The van der Waals surface area contributed by atoms with Gasteiger partial charge in [-0.15, -0.1) is 0 Å². The van der Waals surface area contributed by atoms with Crippen LogP contribution in [-0.4, -0.2) is 32.2 Å². The lowest BCUT2D eigenvalue weighted by Crippen LogP contribution is -2.60. The van der Waals surface area contributed by atoms with E-state index >= 15 is 0 Å². The van der Waals surface area contributed by atoms with E-state index in [1.54, 1.807) is 0 Å². The van der Waals surface area contributed by atoms with Crippen molar-refractivity contribution in [3.8, 4) is 0 Å². The Morgan fingerprint density at radius 2 is 1.76 bits per heavy atom. The highest BCUT2D eigenvalue weighted by atomic mass is 15.2. The van der Waals surface area contributed by atoms with Crippen molar-refractivity contribution in [2.24, 2.45) is 5.92 Å². The SMILES string of the molecule is CCCN(CCC)c1ccc(N2CC[C@H](C)C2C[NH3+])cc1. The summed E-state index contributed by atoms with van der Waals surface area (Å²) in [5, 5.41) is 0. The zero-order valence-electron chi connectivity index (χ0n) is 14.0. The maximum atomic E-state index is 4.14. The summed E-state index contributed by atoms with van der Waals surface area (Å²) >= 11 is 0. The molecule has 0 spiro atoms. The quantitative estimate of drug-likeness (QED) is 0.838. The van der Waals surface area contributed by atoms with Crippen LogP contribution >= 0.6 is 0 Å². The highest BCUT2D eigenvalue weighted by Gasteiger charge is 2.31. The lowest BCUT2D eigenvalue weighted by atomic mass is 10.0. The predicted molar refractivity (Wildman–Crippen MR) is 91.9 cm³/mol. The first-order chi connectivity index (χ1) is 10.2. The van der Waals surface area contributed by atoms with E-state index in [9.17, 15) is 0 Å². The molecule has 3 N–H and O–H groups in total. The second kappa shape index (κ2) is 7.69. The molecular weight excluding hydrogens is 258 g/mol. The van der Waals surface area contributed by atoms with Gasteiger partial charge in [-0.2, -0.15) is 0 Å². The summed E-state index contributed by atoms with van der Waals surface area (Å²) in [6, 6.07) is 9.80. The van der Waals surface area contributed by atoms with Gasteiger partial charge in [0.15, 0.2) is 0 Å². The number of quaternary nitrogens is 1. The van der Waals surface area contributed by atoms with Crippen molar-refractivity contribution in [1.82, 2.24) is 0 Å². The summed E-state index contributed by atoms with van der Waals surface area (Å²) in [7, 11) is 0. The van der Waals surface area contributed by atoms with E-state index in [0.717, 1.165) is 25.6 Å². The third kappa shape index (κ3) is 3.70. The molecule has 21 heavy (non-hydrogen) atoms. The van der Waals surface area contributed by atoms with Crippen molar-refractivity contribution in [2.75, 3.05) is 36.0 Å². The number of hydrogen-bond acceptors (Lipinski definition) is 2. The van der Waals surface area contributed by atoms with Gasteiger partial charge in [-0.3, -0.25) is 0 Å². The van der Waals surface area contributed by atoms with Crippen LogP contribution in [-0.2, 0) is 0 Å². The van der Waals surface area contributed by atoms with Crippen molar-refractivity contribution < 1.29 is 5.73 Å². The molecule has 0 amide bonds. The topological polar surface area (TPSA) is 34.1 Å². The fourth-order valence-corrected chi connectivity index (χ4v) is 3.53. The molecule has 0 aliphatic carbocycles. The Labute approximate surface area is 130 Å². The minimum Gasteiger partial charge on any atom is -0.372 e. The molecule has 2 atom stereocenters. The van der Waals surface area contributed by atoms with Gasteiger partial charge in [0, 0.05) is 31.0 Å². The number of nitrogens with zero attached hydrogens (tertiary/aromatic N) is 2. The maximum Gasteiger partial charge on any atom is 0.0949 e. The summed E-state index contributed by atoms with van der Waals surface area (Å²) in [6.45, 7) is 11.3. The molecule has 3 heteroatoms. The van der Waals surface area contributed by atoms with Gasteiger partial charge in [-0.05, 0) is 49.4 Å². The molecule has 3 nitrogen and oxygen atoms in total. The fourth-order valence-electron chi connectivity index (χ4n) is 3.53. The van der Waals surface area contributed by atoms with Crippen LogP contribution in [0.3, 0.4) is 0 Å². The van der Waals surface area contributed by atoms with Gasteiger partial charge < -0.3 is 15.5 Å². The average molecular weight is 290 g/mol. The molecular formula is C18H32N3+. The number of rotatable bonds is 7.